The molecule has 152 valence electrons. The predicted molar refractivity (Wildman–Crippen MR) is 124 cm³/mol. The van der Waals surface area contributed by atoms with Crippen LogP contribution >= 0.6 is 0 Å². The molecule has 31 heavy (non-hydrogen) atoms. The largest absolute Gasteiger partial charge is 0.356 e. The van der Waals surface area contributed by atoms with E-state index in [0.29, 0.717) is 11.5 Å². The first-order valence-electron chi connectivity index (χ1n) is 10.5. The number of carbonyl (C=O) groups excluding carboxylic acids is 1. The predicted octanol–water partition coefficient (Wildman–Crippen LogP) is 5.78. The topological polar surface area (TPSA) is 54.0 Å². The van der Waals surface area contributed by atoms with Gasteiger partial charge in [-0.1, -0.05) is 54.6 Å². The van der Waals surface area contributed by atoms with Gasteiger partial charge in [0.2, 0.25) is 0 Å². The van der Waals surface area contributed by atoms with Crippen molar-refractivity contribution in [2.75, 3.05) is 5.32 Å². The van der Waals surface area contributed by atoms with Gasteiger partial charge in [0.15, 0.2) is 0 Å². The Morgan fingerprint density at radius 2 is 1.61 bits per heavy atom. The lowest BCUT2D eigenvalue weighted by atomic mass is 10.1. The fourth-order valence-corrected chi connectivity index (χ4v) is 3.84. The van der Waals surface area contributed by atoms with Gasteiger partial charge in [0.05, 0.1) is 5.69 Å². The summed E-state index contributed by atoms with van der Waals surface area (Å²) in [4.78, 5) is 17.1. The van der Waals surface area contributed by atoms with E-state index in [1.165, 1.54) is 5.56 Å². The average Bonchev–Trinajstić information content (AvgIpc) is 3.60. The van der Waals surface area contributed by atoms with Crippen LogP contribution in [-0.4, -0.2) is 16.9 Å². The molecule has 5 rings (SSSR count). The monoisotopic (exact) mass is 405 g/mol. The minimum atomic E-state index is -0.0300. The minimum absolute atomic E-state index is 0.0300. The summed E-state index contributed by atoms with van der Waals surface area (Å²) in [6, 6.07) is 32.2. The molecule has 0 unspecified atom stereocenters. The van der Waals surface area contributed by atoms with Crippen LogP contribution in [-0.2, 0) is 0 Å². The second kappa shape index (κ2) is 8.44. The molecule has 0 aliphatic heterocycles. The molecule has 1 amide bonds. The van der Waals surface area contributed by atoms with Gasteiger partial charge in [0, 0.05) is 40.7 Å². The molecule has 1 fully saturated rings. The highest BCUT2D eigenvalue weighted by Gasteiger charge is 2.39. The van der Waals surface area contributed by atoms with E-state index in [2.05, 4.69) is 27.8 Å². The maximum Gasteiger partial charge on any atom is 0.251 e. The Morgan fingerprint density at radius 3 is 2.39 bits per heavy atom. The number of amides is 1. The lowest BCUT2D eigenvalue weighted by molar-refractivity contribution is 0.0950. The average molecular weight is 406 g/mol. The summed E-state index contributed by atoms with van der Waals surface area (Å²) in [5.41, 5.74) is 5.81. The number of anilines is 2. The van der Waals surface area contributed by atoms with Crippen molar-refractivity contribution in [1.29, 1.82) is 0 Å². The molecule has 1 heterocycles. The smallest absolute Gasteiger partial charge is 0.251 e. The third kappa shape index (κ3) is 4.48. The molecule has 0 spiro atoms. The Balaban J connectivity index is 1.23. The van der Waals surface area contributed by atoms with E-state index in [9.17, 15) is 4.79 Å². The molecule has 1 saturated carbocycles. The van der Waals surface area contributed by atoms with Crippen LogP contribution in [0.25, 0.3) is 11.3 Å². The number of aromatic nitrogens is 1. The summed E-state index contributed by atoms with van der Waals surface area (Å²) in [5, 5.41) is 6.54. The zero-order valence-corrected chi connectivity index (χ0v) is 17.0. The number of rotatable bonds is 6. The Hall–Kier alpha value is -3.92. The number of nitrogens with zero attached hydrogens (tertiary/aromatic N) is 1. The van der Waals surface area contributed by atoms with E-state index < -0.39 is 0 Å². The van der Waals surface area contributed by atoms with Crippen LogP contribution in [0.15, 0.2) is 103 Å². The van der Waals surface area contributed by atoms with Gasteiger partial charge in [-0.15, -0.1) is 0 Å². The third-order valence-electron chi connectivity index (χ3n) is 5.59. The standard InChI is InChI=1S/C27H23N3O/c31-27(30-26-18-24(26)19-7-2-1-3-8-19)21-9-6-10-23(17-21)29-22-14-12-20(13-15-22)25-11-4-5-16-28-25/h1-17,24,26,29H,18H2,(H,30,31)/t24-,26+/m0/s1. The minimum Gasteiger partial charge on any atom is -0.356 e. The molecule has 1 aromatic heterocycles. The first-order chi connectivity index (χ1) is 15.3. The zero-order valence-electron chi connectivity index (χ0n) is 17.0. The first kappa shape index (κ1) is 19.1. The fraction of sp³-hybridized carbons (Fsp3) is 0.111. The van der Waals surface area contributed by atoms with Crippen molar-refractivity contribution < 1.29 is 4.79 Å². The molecule has 0 radical (unpaired) electrons. The van der Waals surface area contributed by atoms with Gasteiger partial charge in [-0.25, -0.2) is 0 Å². The Morgan fingerprint density at radius 1 is 0.806 bits per heavy atom. The van der Waals surface area contributed by atoms with Gasteiger partial charge in [0.25, 0.3) is 5.91 Å². The first-order valence-corrected chi connectivity index (χ1v) is 10.5. The lowest BCUT2D eigenvalue weighted by Gasteiger charge is -2.10. The maximum absolute atomic E-state index is 12.7. The molecule has 4 heteroatoms. The zero-order chi connectivity index (χ0) is 21.0. The molecular formula is C27H23N3O. The van der Waals surface area contributed by atoms with E-state index in [4.69, 9.17) is 0 Å². The molecule has 3 aromatic carbocycles. The summed E-state index contributed by atoms with van der Waals surface area (Å²) in [7, 11) is 0. The van der Waals surface area contributed by atoms with Crippen molar-refractivity contribution in [3.05, 3.63) is 114 Å². The van der Waals surface area contributed by atoms with E-state index in [1.807, 2.05) is 84.9 Å². The summed E-state index contributed by atoms with van der Waals surface area (Å²) in [6.45, 7) is 0. The van der Waals surface area contributed by atoms with Crippen molar-refractivity contribution >= 4 is 17.3 Å². The number of hydrogen-bond donors (Lipinski definition) is 2. The molecule has 0 bridgehead atoms. The number of carbonyl (C=O) groups is 1. The van der Waals surface area contributed by atoms with Gasteiger partial charge in [-0.2, -0.15) is 0 Å². The Kier molecular flexibility index (Phi) is 5.19. The summed E-state index contributed by atoms with van der Waals surface area (Å²) >= 11 is 0. The van der Waals surface area contributed by atoms with Gasteiger partial charge < -0.3 is 10.6 Å². The number of hydrogen-bond acceptors (Lipinski definition) is 3. The van der Waals surface area contributed by atoms with Crippen LogP contribution in [0, 0.1) is 0 Å². The van der Waals surface area contributed by atoms with Crippen LogP contribution in [0.2, 0.25) is 0 Å². The molecular weight excluding hydrogens is 382 g/mol. The van der Waals surface area contributed by atoms with Gasteiger partial charge >= 0.3 is 0 Å². The van der Waals surface area contributed by atoms with Crippen LogP contribution in [0.1, 0.15) is 28.3 Å². The second-order valence-electron chi connectivity index (χ2n) is 7.83. The van der Waals surface area contributed by atoms with Crippen molar-refractivity contribution in [2.45, 2.75) is 18.4 Å². The van der Waals surface area contributed by atoms with Crippen molar-refractivity contribution in [1.82, 2.24) is 10.3 Å². The Bertz CT molecular complexity index is 1170. The lowest BCUT2D eigenvalue weighted by Crippen LogP contribution is -2.26. The highest BCUT2D eigenvalue weighted by atomic mass is 16.1. The molecule has 2 N–H and O–H groups in total. The van der Waals surface area contributed by atoms with Crippen molar-refractivity contribution in [3.8, 4) is 11.3 Å². The highest BCUT2D eigenvalue weighted by molar-refractivity contribution is 5.95. The van der Waals surface area contributed by atoms with Crippen LogP contribution in [0.4, 0.5) is 11.4 Å². The van der Waals surface area contributed by atoms with E-state index in [1.54, 1.807) is 6.20 Å². The normalized spacial score (nSPS) is 17.0. The van der Waals surface area contributed by atoms with Crippen molar-refractivity contribution in [2.24, 2.45) is 0 Å². The maximum atomic E-state index is 12.7. The van der Waals surface area contributed by atoms with Gasteiger partial charge in [-0.3, -0.25) is 9.78 Å². The third-order valence-corrected chi connectivity index (χ3v) is 5.59. The molecule has 4 aromatic rings. The molecule has 1 aliphatic carbocycles. The second-order valence-corrected chi connectivity index (χ2v) is 7.83. The number of nitrogens with one attached hydrogen (secondary N) is 2. The molecule has 0 saturated heterocycles. The SMILES string of the molecule is O=C(N[C@@H]1C[C@H]1c1ccccc1)c1cccc(Nc2ccc(-c3ccccn3)cc2)c1. The summed E-state index contributed by atoms with van der Waals surface area (Å²) < 4.78 is 0. The fourth-order valence-electron chi connectivity index (χ4n) is 3.84. The highest BCUT2D eigenvalue weighted by Crippen LogP contribution is 2.40. The summed E-state index contributed by atoms with van der Waals surface area (Å²) in [6.07, 6.45) is 2.79. The van der Waals surface area contributed by atoms with Crippen LogP contribution in [0.5, 0.6) is 0 Å². The van der Waals surface area contributed by atoms with Crippen LogP contribution < -0.4 is 10.6 Å². The van der Waals surface area contributed by atoms with E-state index in [-0.39, 0.29) is 11.9 Å². The van der Waals surface area contributed by atoms with Crippen LogP contribution in [0.3, 0.4) is 0 Å². The van der Waals surface area contributed by atoms with Gasteiger partial charge in [-0.05, 0) is 54.4 Å². The van der Waals surface area contributed by atoms with E-state index >= 15 is 0 Å². The van der Waals surface area contributed by atoms with E-state index in [0.717, 1.165) is 29.1 Å². The molecule has 2 atom stereocenters. The molecule has 1 aliphatic rings. The molecule has 4 nitrogen and oxygen atoms in total. The summed E-state index contributed by atoms with van der Waals surface area (Å²) in [5.74, 6) is 0.390. The number of pyridine rings is 1. The van der Waals surface area contributed by atoms with Crippen molar-refractivity contribution in [3.63, 3.8) is 0 Å². The number of benzene rings is 3. The Labute approximate surface area is 182 Å². The quantitative estimate of drug-likeness (QED) is 0.428. The van der Waals surface area contributed by atoms with Gasteiger partial charge in [0.1, 0.15) is 0 Å².